The molecule has 0 N–H and O–H groups in total. The van der Waals surface area contributed by atoms with Crippen LogP contribution in [0.25, 0.3) is 0 Å². The highest BCUT2D eigenvalue weighted by Crippen LogP contribution is 2.23. The molecule has 3 aromatic rings. The average Bonchev–Trinajstić information content (AvgIpc) is 3.14. The standard InChI is InChI=1S/C20H18FNO5S/c1-28(24,25)27-19-10-3-2-6-16(19)13-22(14-18-9-5-11-26-18)20(23)15-7-4-8-17(21)12-15/h2-12H,13-14H2,1H3. The van der Waals surface area contributed by atoms with Crippen LogP contribution in [0.4, 0.5) is 4.39 Å². The van der Waals surface area contributed by atoms with E-state index in [1.807, 2.05) is 0 Å². The van der Waals surface area contributed by atoms with Crippen molar-refractivity contribution in [2.24, 2.45) is 0 Å². The summed E-state index contributed by atoms with van der Waals surface area (Å²) in [5.74, 6) is -0.289. The van der Waals surface area contributed by atoms with Crippen LogP contribution in [0.3, 0.4) is 0 Å². The highest BCUT2D eigenvalue weighted by atomic mass is 32.2. The topological polar surface area (TPSA) is 76.8 Å². The molecule has 0 radical (unpaired) electrons. The van der Waals surface area contributed by atoms with Crippen molar-refractivity contribution in [2.45, 2.75) is 13.1 Å². The number of hydrogen-bond acceptors (Lipinski definition) is 5. The van der Waals surface area contributed by atoms with Gasteiger partial charge in [0.05, 0.1) is 25.6 Å². The zero-order valence-corrected chi connectivity index (χ0v) is 15.9. The summed E-state index contributed by atoms with van der Waals surface area (Å²) in [7, 11) is -3.73. The van der Waals surface area contributed by atoms with Gasteiger partial charge in [-0.2, -0.15) is 8.42 Å². The first-order chi connectivity index (χ1) is 13.3. The van der Waals surface area contributed by atoms with Crippen molar-refractivity contribution in [3.8, 4) is 5.75 Å². The molecule has 0 unspecified atom stereocenters. The number of nitrogens with zero attached hydrogens (tertiary/aromatic N) is 1. The van der Waals surface area contributed by atoms with Gasteiger partial charge < -0.3 is 13.5 Å². The van der Waals surface area contributed by atoms with Crippen LogP contribution in [0.5, 0.6) is 5.75 Å². The van der Waals surface area contributed by atoms with Gasteiger partial charge >= 0.3 is 10.1 Å². The first kappa shape index (κ1) is 19.6. The molecule has 8 heteroatoms. The van der Waals surface area contributed by atoms with Gasteiger partial charge in [-0.3, -0.25) is 4.79 Å². The lowest BCUT2D eigenvalue weighted by Crippen LogP contribution is -2.30. The van der Waals surface area contributed by atoms with Crippen LogP contribution >= 0.6 is 0 Å². The molecule has 0 fully saturated rings. The molecule has 6 nitrogen and oxygen atoms in total. The molecule has 1 heterocycles. The summed E-state index contributed by atoms with van der Waals surface area (Å²) in [6.45, 7) is 0.164. The highest BCUT2D eigenvalue weighted by molar-refractivity contribution is 7.86. The Hall–Kier alpha value is -3.13. The minimum atomic E-state index is -3.73. The number of carbonyl (C=O) groups excluding carboxylic acids is 1. The van der Waals surface area contributed by atoms with Gasteiger partial charge in [0, 0.05) is 11.1 Å². The van der Waals surface area contributed by atoms with Gasteiger partial charge in [-0.1, -0.05) is 24.3 Å². The maximum atomic E-state index is 13.6. The maximum absolute atomic E-state index is 13.6. The number of furan rings is 1. The summed E-state index contributed by atoms with van der Waals surface area (Å²) in [4.78, 5) is 14.4. The number of halogens is 1. The predicted octanol–water partition coefficient (Wildman–Crippen LogP) is 3.60. The molecule has 0 saturated heterocycles. The van der Waals surface area contributed by atoms with Crippen molar-refractivity contribution in [1.29, 1.82) is 0 Å². The van der Waals surface area contributed by atoms with Crippen LogP contribution in [-0.2, 0) is 23.2 Å². The summed E-state index contributed by atoms with van der Waals surface area (Å²) in [6.07, 6.45) is 2.43. The molecule has 3 rings (SSSR count). The number of benzene rings is 2. The van der Waals surface area contributed by atoms with Crippen molar-refractivity contribution in [3.63, 3.8) is 0 Å². The largest absolute Gasteiger partial charge is 0.467 e. The molecule has 146 valence electrons. The van der Waals surface area contributed by atoms with E-state index in [2.05, 4.69) is 0 Å². The normalized spacial score (nSPS) is 11.2. The summed E-state index contributed by atoms with van der Waals surface area (Å²) >= 11 is 0. The molecule has 0 bridgehead atoms. The Morgan fingerprint density at radius 1 is 1.07 bits per heavy atom. The number of carbonyl (C=O) groups is 1. The van der Waals surface area contributed by atoms with E-state index in [9.17, 15) is 17.6 Å². The van der Waals surface area contributed by atoms with E-state index in [1.54, 1.807) is 30.3 Å². The van der Waals surface area contributed by atoms with E-state index < -0.39 is 21.8 Å². The minimum absolute atomic E-state index is 0.0434. The van der Waals surface area contributed by atoms with E-state index in [0.29, 0.717) is 11.3 Å². The van der Waals surface area contributed by atoms with Gasteiger partial charge in [0.1, 0.15) is 17.3 Å². The summed E-state index contributed by atoms with van der Waals surface area (Å²) in [6, 6.07) is 15.3. The Bertz CT molecular complexity index is 1060. The maximum Gasteiger partial charge on any atom is 0.306 e. The zero-order chi connectivity index (χ0) is 20.1. The third-order valence-corrected chi connectivity index (χ3v) is 4.34. The lowest BCUT2D eigenvalue weighted by molar-refractivity contribution is 0.0716. The number of para-hydroxylation sites is 1. The van der Waals surface area contributed by atoms with Gasteiger partial charge in [-0.05, 0) is 36.4 Å². The Morgan fingerprint density at radius 2 is 1.86 bits per heavy atom. The molecule has 0 saturated carbocycles. The molecule has 1 aromatic heterocycles. The van der Waals surface area contributed by atoms with Crippen molar-refractivity contribution in [3.05, 3.63) is 89.6 Å². The quantitative estimate of drug-likeness (QED) is 0.564. The molecule has 0 aliphatic carbocycles. The second-order valence-electron chi connectivity index (χ2n) is 6.15. The molecule has 0 aliphatic rings. The Labute approximate surface area is 162 Å². The number of amides is 1. The van der Waals surface area contributed by atoms with Crippen LogP contribution < -0.4 is 4.18 Å². The van der Waals surface area contributed by atoms with E-state index in [0.717, 1.165) is 12.3 Å². The van der Waals surface area contributed by atoms with Crippen molar-refractivity contribution in [2.75, 3.05) is 6.26 Å². The molecule has 1 amide bonds. The average molecular weight is 403 g/mol. The smallest absolute Gasteiger partial charge is 0.306 e. The highest BCUT2D eigenvalue weighted by Gasteiger charge is 2.20. The second-order valence-corrected chi connectivity index (χ2v) is 7.72. The van der Waals surface area contributed by atoms with Gasteiger partial charge in [0.15, 0.2) is 0 Å². The molecule has 0 spiro atoms. The van der Waals surface area contributed by atoms with Crippen molar-refractivity contribution in [1.82, 2.24) is 4.90 Å². The fourth-order valence-corrected chi connectivity index (χ4v) is 3.17. The van der Waals surface area contributed by atoms with Gasteiger partial charge in [-0.15, -0.1) is 0 Å². The molecule has 2 aromatic carbocycles. The van der Waals surface area contributed by atoms with Crippen molar-refractivity contribution >= 4 is 16.0 Å². The zero-order valence-electron chi connectivity index (χ0n) is 15.0. The monoisotopic (exact) mass is 403 g/mol. The lowest BCUT2D eigenvalue weighted by atomic mass is 10.1. The van der Waals surface area contributed by atoms with Crippen molar-refractivity contribution < 1.29 is 26.2 Å². The third kappa shape index (κ3) is 5.20. The molecular weight excluding hydrogens is 385 g/mol. The lowest BCUT2D eigenvalue weighted by Gasteiger charge is -2.23. The molecule has 0 atom stereocenters. The fourth-order valence-electron chi connectivity index (χ4n) is 2.68. The van der Waals surface area contributed by atoms with Gasteiger partial charge in [-0.25, -0.2) is 4.39 Å². The Morgan fingerprint density at radius 3 is 2.54 bits per heavy atom. The van der Waals surface area contributed by atoms with Gasteiger partial charge in [0.25, 0.3) is 5.91 Å². The first-order valence-electron chi connectivity index (χ1n) is 8.36. The second kappa shape index (κ2) is 8.26. The number of rotatable bonds is 7. The van der Waals surface area contributed by atoms with E-state index >= 15 is 0 Å². The van der Waals surface area contributed by atoms with Crippen LogP contribution in [0, 0.1) is 5.82 Å². The Kier molecular flexibility index (Phi) is 5.79. The molecule has 0 aliphatic heterocycles. The van der Waals surface area contributed by atoms with E-state index in [4.69, 9.17) is 8.60 Å². The van der Waals surface area contributed by atoms with Crippen LogP contribution in [0.2, 0.25) is 0 Å². The fraction of sp³-hybridized carbons (Fsp3) is 0.150. The van der Waals surface area contributed by atoms with Crippen LogP contribution in [-0.4, -0.2) is 25.5 Å². The first-order valence-corrected chi connectivity index (χ1v) is 10.2. The summed E-state index contributed by atoms with van der Waals surface area (Å²) < 4.78 is 47.0. The summed E-state index contributed by atoms with van der Waals surface area (Å²) in [5, 5.41) is 0. The van der Waals surface area contributed by atoms with Gasteiger partial charge in [0.2, 0.25) is 0 Å². The third-order valence-electron chi connectivity index (χ3n) is 3.86. The van der Waals surface area contributed by atoms with Crippen LogP contribution in [0.15, 0.2) is 71.3 Å². The summed E-state index contributed by atoms with van der Waals surface area (Å²) in [5.41, 5.74) is 0.664. The van der Waals surface area contributed by atoms with Crippen LogP contribution in [0.1, 0.15) is 21.7 Å². The number of hydrogen-bond donors (Lipinski definition) is 0. The Balaban J connectivity index is 1.93. The minimum Gasteiger partial charge on any atom is -0.467 e. The van der Waals surface area contributed by atoms with E-state index in [1.165, 1.54) is 35.4 Å². The molecular formula is C20H18FNO5S. The SMILES string of the molecule is CS(=O)(=O)Oc1ccccc1CN(Cc1ccco1)C(=O)c1cccc(F)c1. The molecule has 28 heavy (non-hydrogen) atoms. The van der Waals surface area contributed by atoms with E-state index in [-0.39, 0.29) is 24.4 Å². The predicted molar refractivity (Wildman–Crippen MR) is 101 cm³/mol.